The molecule has 2 atom stereocenters. The molecule has 1 fully saturated rings. The van der Waals surface area contributed by atoms with Gasteiger partial charge in [0.1, 0.15) is 17.7 Å². The number of rotatable bonds is 3. The van der Waals surface area contributed by atoms with E-state index in [-0.39, 0.29) is 23.7 Å². The van der Waals surface area contributed by atoms with Gasteiger partial charge in [0.05, 0.1) is 17.0 Å². The van der Waals surface area contributed by atoms with Crippen LogP contribution in [-0.4, -0.2) is 31.6 Å². The lowest BCUT2D eigenvalue weighted by Gasteiger charge is -2.17. The summed E-state index contributed by atoms with van der Waals surface area (Å²) in [5, 5.41) is 2.85. The average Bonchev–Trinajstić information content (AvgIpc) is 3.28. The van der Waals surface area contributed by atoms with Crippen LogP contribution in [0, 0.1) is 11.7 Å². The average molecular weight is 343 g/mol. The van der Waals surface area contributed by atoms with Gasteiger partial charge in [0.15, 0.2) is 0 Å². The predicted octanol–water partition coefficient (Wildman–Crippen LogP) is 2.16. The van der Waals surface area contributed by atoms with E-state index < -0.39 is 0 Å². The zero-order valence-corrected chi connectivity index (χ0v) is 13.9. The van der Waals surface area contributed by atoms with Crippen LogP contribution >= 0.6 is 0 Å². The van der Waals surface area contributed by atoms with Crippen LogP contribution in [0.4, 0.5) is 10.3 Å². The van der Waals surface area contributed by atoms with Crippen LogP contribution in [0.25, 0.3) is 11.0 Å². The van der Waals surface area contributed by atoms with E-state index in [4.69, 9.17) is 4.74 Å². The minimum atomic E-state index is -0.382. The molecule has 2 aromatic heterocycles. The Balaban J connectivity index is 1.59. The van der Waals surface area contributed by atoms with Gasteiger partial charge in [-0.15, -0.1) is 0 Å². The Labute approximate surface area is 143 Å². The number of nitrogens with zero attached hydrogens (tertiary/aromatic N) is 4. The van der Waals surface area contributed by atoms with Crippen molar-refractivity contribution in [1.29, 1.82) is 0 Å². The van der Waals surface area contributed by atoms with Crippen LogP contribution in [0.15, 0.2) is 30.6 Å². The minimum absolute atomic E-state index is 0.177. The summed E-state index contributed by atoms with van der Waals surface area (Å²) in [6, 6.07) is 4.34. The molecule has 0 radical (unpaired) electrons. The van der Waals surface area contributed by atoms with E-state index in [9.17, 15) is 9.18 Å². The third kappa shape index (κ3) is 2.68. The van der Waals surface area contributed by atoms with E-state index >= 15 is 0 Å². The first-order valence-electron chi connectivity index (χ1n) is 8.06. The minimum Gasteiger partial charge on any atom is -0.369 e. The van der Waals surface area contributed by atoms with Crippen molar-refractivity contribution in [3.63, 3.8) is 0 Å². The lowest BCUT2D eigenvalue weighted by Crippen LogP contribution is -2.27. The predicted molar refractivity (Wildman–Crippen MR) is 89.3 cm³/mol. The summed E-state index contributed by atoms with van der Waals surface area (Å²) >= 11 is 0. The van der Waals surface area contributed by atoms with Gasteiger partial charge in [-0.3, -0.25) is 10.1 Å². The number of fused-ring (bicyclic) bond motifs is 1. The first-order valence-corrected chi connectivity index (χ1v) is 8.06. The number of benzene rings is 1. The highest BCUT2D eigenvalue weighted by Crippen LogP contribution is 2.34. The van der Waals surface area contributed by atoms with Gasteiger partial charge in [-0.2, -0.15) is 0 Å². The molecule has 3 aromatic rings. The molecule has 1 N–H and O–H groups in total. The van der Waals surface area contributed by atoms with E-state index in [1.165, 1.54) is 12.1 Å². The molecular weight excluding hydrogens is 325 g/mol. The van der Waals surface area contributed by atoms with Gasteiger partial charge >= 0.3 is 0 Å². The number of anilines is 1. The molecule has 8 heteroatoms. The van der Waals surface area contributed by atoms with E-state index in [0.29, 0.717) is 30.0 Å². The summed E-state index contributed by atoms with van der Waals surface area (Å²) in [6.45, 7) is 0.503. The Bertz CT molecular complexity index is 948. The molecule has 0 spiro atoms. The van der Waals surface area contributed by atoms with Crippen LogP contribution in [0.2, 0.25) is 0 Å². The summed E-state index contributed by atoms with van der Waals surface area (Å²) in [7, 11) is 3.62. The standard InChI is InChI=1S/C17H18FN5O2/c1-22-7-6-19-15(22)14-11(5-8-25-14)16(24)21-17-20-12-4-3-10(18)9-13(12)23(17)2/h3-4,6-7,9,11,14H,5,8H2,1-2H3,(H,20,21,24)/t11-,14-/m1/s1. The second-order valence-electron chi connectivity index (χ2n) is 6.20. The Morgan fingerprint density at radius 2 is 2.24 bits per heavy atom. The Kier molecular flexibility index (Phi) is 3.76. The van der Waals surface area contributed by atoms with Crippen LogP contribution in [0.3, 0.4) is 0 Å². The quantitative estimate of drug-likeness (QED) is 0.791. The molecule has 1 aliphatic rings. The maximum Gasteiger partial charge on any atom is 0.232 e. The number of ether oxygens (including phenoxy) is 1. The van der Waals surface area contributed by atoms with Crippen molar-refractivity contribution in [3.8, 4) is 0 Å². The second-order valence-corrected chi connectivity index (χ2v) is 6.20. The molecule has 0 aliphatic carbocycles. The number of halogens is 1. The first kappa shape index (κ1) is 15.8. The van der Waals surface area contributed by atoms with Crippen molar-refractivity contribution in [2.45, 2.75) is 12.5 Å². The van der Waals surface area contributed by atoms with Gasteiger partial charge in [0.2, 0.25) is 11.9 Å². The highest BCUT2D eigenvalue weighted by molar-refractivity contribution is 5.93. The van der Waals surface area contributed by atoms with E-state index in [1.54, 1.807) is 23.9 Å². The molecule has 0 unspecified atom stereocenters. The highest BCUT2D eigenvalue weighted by Gasteiger charge is 2.38. The van der Waals surface area contributed by atoms with Crippen LogP contribution < -0.4 is 5.32 Å². The fourth-order valence-corrected chi connectivity index (χ4v) is 3.24. The summed E-state index contributed by atoms with van der Waals surface area (Å²) in [5.41, 5.74) is 1.25. The summed E-state index contributed by atoms with van der Waals surface area (Å²) in [4.78, 5) is 21.4. The van der Waals surface area contributed by atoms with Crippen LogP contribution in [0.1, 0.15) is 18.3 Å². The molecule has 4 rings (SSSR count). The van der Waals surface area contributed by atoms with E-state index in [1.807, 2.05) is 17.8 Å². The Morgan fingerprint density at radius 1 is 1.40 bits per heavy atom. The molecule has 1 aromatic carbocycles. The molecule has 130 valence electrons. The fraction of sp³-hybridized carbons (Fsp3) is 0.353. The summed E-state index contributed by atoms with van der Waals surface area (Å²) in [6.07, 6.45) is 3.74. The molecule has 3 heterocycles. The van der Waals surface area contributed by atoms with Crippen molar-refractivity contribution >= 4 is 22.9 Å². The number of hydrogen-bond acceptors (Lipinski definition) is 4. The zero-order chi connectivity index (χ0) is 17.6. The van der Waals surface area contributed by atoms with Gasteiger partial charge in [-0.05, 0) is 24.6 Å². The number of aromatic nitrogens is 4. The lowest BCUT2D eigenvalue weighted by molar-refractivity contribution is -0.121. The largest absolute Gasteiger partial charge is 0.369 e. The maximum absolute atomic E-state index is 13.4. The molecule has 25 heavy (non-hydrogen) atoms. The third-order valence-corrected chi connectivity index (χ3v) is 4.62. The highest BCUT2D eigenvalue weighted by atomic mass is 19.1. The van der Waals surface area contributed by atoms with Gasteiger partial charge in [0.25, 0.3) is 0 Å². The monoisotopic (exact) mass is 343 g/mol. The first-order chi connectivity index (χ1) is 12.0. The van der Waals surface area contributed by atoms with Crippen molar-refractivity contribution in [2.24, 2.45) is 20.0 Å². The van der Waals surface area contributed by atoms with E-state index in [0.717, 1.165) is 5.82 Å². The number of hydrogen-bond donors (Lipinski definition) is 1. The van der Waals surface area contributed by atoms with E-state index in [2.05, 4.69) is 15.3 Å². The van der Waals surface area contributed by atoms with Gasteiger partial charge in [0, 0.05) is 33.1 Å². The zero-order valence-electron chi connectivity index (χ0n) is 13.9. The third-order valence-electron chi connectivity index (χ3n) is 4.62. The molecule has 1 saturated heterocycles. The normalized spacial score (nSPS) is 20.3. The lowest BCUT2D eigenvalue weighted by atomic mass is 10.00. The maximum atomic E-state index is 13.4. The Hall–Kier alpha value is -2.74. The number of amides is 1. The van der Waals surface area contributed by atoms with Crippen molar-refractivity contribution in [1.82, 2.24) is 19.1 Å². The number of nitrogens with one attached hydrogen (secondary N) is 1. The van der Waals surface area contributed by atoms with Gasteiger partial charge < -0.3 is 13.9 Å². The smallest absolute Gasteiger partial charge is 0.232 e. The van der Waals surface area contributed by atoms with Gasteiger partial charge in [-0.25, -0.2) is 14.4 Å². The number of imidazole rings is 2. The fourth-order valence-electron chi connectivity index (χ4n) is 3.24. The van der Waals surface area contributed by atoms with Crippen molar-refractivity contribution in [3.05, 3.63) is 42.2 Å². The molecule has 7 nitrogen and oxygen atoms in total. The Morgan fingerprint density at radius 3 is 3.00 bits per heavy atom. The topological polar surface area (TPSA) is 74.0 Å². The number of carbonyl (C=O) groups excluding carboxylic acids is 1. The van der Waals surface area contributed by atoms with Crippen molar-refractivity contribution in [2.75, 3.05) is 11.9 Å². The summed E-state index contributed by atoms with van der Waals surface area (Å²) in [5.74, 6) is 0.246. The number of carbonyl (C=O) groups is 1. The second kappa shape index (κ2) is 5.96. The van der Waals surface area contributed by atoms with Crippen LogP contribution in [0.5, 0.6) is 0 Å². The molecule has 0 bridgehead atoms. The summed E-state index contributed by atoms with van der Waals surface area (Å²) < 4.78 is 22.7. The van der Waals surface area contributed by atoms with Crippen LogP contribution in [-0.2, 0) is 23.6 Å². The molecule has 1 amide bonds. The SMILES string of the molecule is Cn1ccnc1[C@@H]1OCC[C@H]1C(=O)Nc1nc2ccc(F)cc2n1C. The van der Waals surface area contributed by atoms with Gasteiger partial charge in [-0.1, -0.05) is 0 Å². The molecular formula is C17H18FN5O2. The molecule has 0 saturated carbocycles. The van der Waals surface area contributed by atoms with Crippen molar-refractivity contribution < 1.29 is 13.9 Å². The molecule has 1 aliphatic heterocycles. The number of aryl methyl sites for hydroxylation is 2.